The van der Waals surface area contributed by atoms with E-state index >= 15 is 0 Å². The molecule has 1 saturated heterocycles. The highest BCUT2D eigenvalue weighted by molar-refractivity contribution is 5.68. The molecule has 1 aromatic rings. The normalized spacial score (nSPS) is 16.2. The molecule has 1 aromatic carbocycles. The fraction of sp³-hybridized carbons (Fsp3) is 0.533. The van der Waals surface area contributed by atoms with Crippen molar-refractivity contribution >= 4 is 11.8 Å². The Bertz CT molecular complexity index is 560. The highest BCUT2D eigenvalue weighted by Gasteiger charge is 2.26. The maximum Gasteiger partial charge on any atom is 0.411 e. The van der Waals surface area contributed by atoms with Crippen LogP contribution in [0.1, 0.15) is 19.4 Å². The first-order valence-corrected chi connectivity index (χ1v) is 7.47. The number of carbonyl (C=O) groups is 1. The SMILES string of the molecule is CC(C)(N)OC(=O)N1CCN(Cc2ccc([N+](=O)[O-])cc2)CC1. The topological polar surface area (TPSA) is 102 Å². The van der Waals surface area contributed by atoms with Crippen molar-refractivity contribution in [3.8, 4) is 0 Å². The van der Waals surface area contributed by atoms with Gasteiger partial charge in [-0.25, -0.2) is 4.79 Å². The summed E-state index contributed by atoms with van der Waals surface area (Å²) in [7, 11) is 0. The van der Waals surface area contributed by atoms with Crippen LogP contribution in [0.25, 0.3) is 0 Å². The lowest BCUT2D eigenvalue weighted by Gasteiger charge is -2.35. The molecular formula is C15H22N4O4. The minimum absolute atomic E-state index is 0.0886. The van der Waals surface area contributed by atoms with Gasteiger partial charge >= 0.3 is 6.09 Å². The van der Waals surface area contributed by atoms with Gasteiger partial charge in [0.25, 0.3) is 5.69 Å². The molecule has 0 unspecified atom stereocenters. The smallest absolute Gasteiger partial charge is 0.411 e. The second kappa shape index (κ2) is 6.93. The van der Waals surface area contributed by atoms with Crippen molar-refractivity contribution in [2.24, 2.45) is 5.73 Å². The van der Waals surface area contributed by atoms with Gasteiger partial charge in [0.1, 0.15) is 0 Å². The summed E-state index contributed by atoms with van der Waals surface area (Å²) in [5.74, 6) is 0. The van der Waals surface area contributed by atoms with Crippen LogP contribution >= 0.6 is 0 Å². The number of piperazine rings is 1. The van der Waals surface area contributed by atoms with E-state index in [2.05, 4.69) is 4.90 Å². The third-order valence-electron chi connectivity index (χ3n) is 3.53. The maximum atomic E-state index is 11.9. The van der Waals surface area contributed by atoms with Gasteiger partial charge in [0.15, 0.2) is 5.72 Å². The molecule has 0 radical (unpaired) electrons. The number of non-ortho nitro benzene ring substituents is 1. The van der Waals surface area contributed by atoms with Gasteiger partial charge in [0.05, 0.1) is 4.92 Å². The molecule has 2 rings (SSSR count). The molecule has 8 heteroatoms. The fourth-order valence-corrected chi connectivity index (χ4v) is 2.36. The second-order valence-electron chi connectivity index (χ2n) is 6.16. The van der Waals surface area contributed by atoms with Crippen molar-refractivity contribution in [1.82, 2.24) is 9.80 Å². The van der Waals surface area contributed by atoms with Crippen LogP contribution < -0.4 is 5.73 Å². The Morgan fingerprint density at radius 1 is 1.26 bits per heavy atom. The number of nitrogens with two attached hydrogens (primary N) is 1. The molecule has 0 saturated carbocycles. The van der Waals surface area contributed by atoms with Crippen LogP contribution in [0.15, 0.2) is 24.3 Å². The van der Waals surface area contributed by atoms with Crippen LogP contribution in [0.2, 0.25) is 0 Å². The van der Waals surface area contributed by atoms with E-state index in [0.29, 0.717) is 19.6 Å². The molecule has 23 heavy (non-hydrogen) atoms. The van der Waals surface area contributed by atoms with E-state index in [1.807, 2.05) is 0 Å². The predicted molar refractivity (Wildman–Crippen MR) is 84.7 cm³/mol. The highest BCUT2D eigenvalue weighted by atomic mass is 16.6. The minimum atomic E-state index is -0.979. The number of nitrogens with zero attached hydrogens (tertiary/aromatic N) is 3. The molecule has 0 bridgehead atoms. The zero-order valence-corrected chi connectivity index (χ0v) is 13.4. The highest BCUT2D eigenvalue weighted by Crippen LogP contribution is 2.15. The van der Waals surface area contributed by atoms with Crippen molar-refractivity contribution in [3.63, 3.8) is 0 Å². The van der Waals surface area contributed by atoms with E-state index in [1.165, 1.54) is 12.1 Å². The molecule has 1 amide bonds. The van der Waals surface area contributed by atoms with E-state index < -0.39 is 16.7 Å². The summed E-state index contributed by atoms with van der Waals surface area (Å²) >= 11 is 0. The number of ether oxygens (including phenoxy) is 1. The zero-order chi connectivity index (χ0) is 17.0. The molecule has 126 valence electrons. The number of benzene rings is 1. The predicted octanol–water partition coefficient (Wildman–Crippen LogP) is 1.54. The molecule has 8 nitrogen and oxygen atoms in total. The number of amides is 1. The molecule has 1 aliphatic heterocycles. The van der Waals surface area contributed by atoms with Crippen molar-refractivity contribution in [2.75, 3.05) is 26.2 Å². The standard InChI is InChI=1S/C15H22N4O4/c1-15(2,16)23-14(20)18-9-7-17(8-10-18)11-12-3-5-13(6-4-12)19(21)22/h3-6H,7-11,16H2,1-2H3. The molecule has 0 aliphatic carbocycles. The average Bonchev–Trinajstić information content (AvgIpc) is 2.46. The van der Waals surface area contributed by atoms with Gasteiger partial charge in [-0.15, -0.1) is 0 Å². The monoisotopic (exact) mass is 322 g/mol. The van der Waals surface area contributed by atoms with Gasteiger partial charge in [-0.3, -0.25) is 20.7 Å². The third-order valence-corrected chi connectivity index (χ3v) is 3.53. The zero-order valence-electron chi connectivity index (χ0n) is 13.4. The van der Waals surface area contributed by atoms with E-state index in [-0.39, 0.29) is 5.69 Å². The third kappa shape index (κ3) is 5.19. The summed E-state index contributed by atoms with van der Waals surface area (Å²) in [6, 6.07) is 6.53. The molecule has 1 fully saturated rings. The summed E-state index contributed by atoms with van der Waals surface area (Å²) < 4.78 is 5.15. The minimum Gasteiger partial charge on any atom is -0.428 e. The second-order valence-corrected chi connectivity index (χ2v) is 6.16. The molecule has 0 aromatic heterocycles. The Hall–Kier alpha value is -2.19. The molecular weight excluding hydrogens is 300 g/mol. The maximum absolute atomic E-state index is 11.9. The molecule has 1 heterocycles. The number of hydrogen-bond donors (Lipinski definition) is 1. The first-order chi connectivity index (χ1) is 10.7. The summed E-state index contributed by atoms with van der Waals surface area (Å²) in [5.41, 5.74) is 5.80. The van der Waals surface area contributed by atoms with Crippen molar-refractivity contribution in [1.29, 1.82) is 0 Å². The van der Waals surface area contributed by atoms with Gasteiger partial charge in [0, 0.05) is 44.9 Å². The lowest BCUT2D eigenvalue weighted by molar-refractivity contribution is -0.384. The average molecular weight is 322 g/mol. The van der Waals surface area contributed by atoms with E-state index in [1.54, 1.807) is 30.9 Å². The summed E-state index contributed by atoms with van der Waals surface area (Å²) in [6.45, 7) is 6.55. The van der Waals surface area contributed by atoms with Crippen molar-refractivity contribution < 1.29 is 14.5 Å². The largest absolute Gasteiger partial charge is 0.428 e. The van der Waals surface area contributed by atoms with Gasteiger partial charge in [-0.2, -0.15) is 0 Å². The van der Waals surface area contributed by atoms with E-state index in [0.717, 1.165) is 18.7 Å². The Morgan fingerprint density at radius 3 is 2.30 bits per heavy atom. The summed E-state index contributed by atoms with van der Waals surface area (Å²) in [6.07, 6.45) is -0.396. The van der Waals surface area contributed by atoms with Crippen LogP contribution in [0.4, 0.5) is 10.5 Å². The Morgan fingerprint density at radius 2 is 1.83 bits per heavy atom. The molecule has 2 N–H and O–H groups in total. The Kier molecular flexibility index (Phi) is 5.17. The van der Waals surface area contributed by atoms with Crippen LogP contribution in [0.5, 0.6) is 0 Å². The van der Waals surface area contributed by atoms with Crippen molar-refractivity contribution in [2.45, 2.75) is 26.1 Å². The van der Waals surface area contributed by atoms with E-state index in [9.17, 15) is 14.9 Å². The van der Waals surface area contributed by atoms with Crippen LogP contribution in [-0.2, 0) is 11.3 Å². The molecule has 0 atom stereocenters. The first-order valence-electron chi connectivity index (χ1n) is 7.47. The molecule has 1 aliphatic rings. The number of nitro benzene ring substituents is 1. The number of nitro groups is 1. The lowest BCUT2D eigenvalue weighted by atomic mass is 10.2. The lowest BCUT2D eigenvalue weighted by Crippen LogP contribution is -2.51. The van der Waals surface area contributed by atoms with Gasteiger partial charge in [0.2, 0.25) is 0 Å². The Balaban J connectivity index is 1.82. The Labute approximate surface area is 134 Å². The van der Waals surface area contributed by atoms with Crippen LogP contribution in [0, 0.1) is 10.1 Å². The first kappa shape index (κ1) is 17.2. The van der Waals surface area contributed by atoms with Crippen LogP contribution in [-0.4, -0.2) is 52.7 Å². The van der Waals surface area contributed by atoms with Gasteiger partial charge in [-0.05, 0) is 19.4 Å². The van der Waals surface area contributed by atoms with Gasteiger partial charge in [-0.1, -0.05) is 12.1 Å². The van der Waals surface area contributed by atoms with Crippen molar-refractivity contribution in [3.05, 3.63) is 39.9 Å². The van der Waals surface area contributed by atoms with Crippen LogP contribution in [0.3, 0.4) is 0 Å². The quantitative estimate of drug-likeness (QED) is 0.512. The summed E-state index contributed by atoms with van der Waals surface area (Å²) in [5, 5.41) is 10.6. The van der Waals surface area contributed by atoms with E-state index in [4.69, 9.17) is 10.5 Å². The number of rotatable bonds is 4. The summed E-state index contributed by atoms with van der Waals surface area (Å²) in [4.78, 5) is 26.0. The number of hydrogen-bond acceptors (Lipinski definition) is 6. The van der Waals surface area contributed by atoms with Gasteiger partial charge < -0.3 is 9.64 Å². The molecule has 0 spiro atoms. The fourth-order valence-electron chi connectivity index (χ4n) is 2.36. The number of carbonyl (C=O) groups excluding carboxylic acids is 1.